The molecule has 0 aliphatic carbocycles. The first kappa shape index (κ1) is 13.4. The quantitative estimate of drug-likeness (QED) is 0.840. The summed E-state index contributed by atoms with van der Waals surface area (Å²) < 4.78 is 6.73. The Labute approximate surface area is 120 Å². The first-order chi connectivity index (χ1) is 9.01. The van der Waals surface area contributed by atoms with Crippen molar-refractivity contribution in [2.75, 3.05) is 5.73 Å². The minimum absolute atomic E-state index is 0.493. The van der Waals surface area contributed by atoms with Gasteiger partial charge in [-0.2, -0.15) is 5.26 Å². The fourth-order valence-corrected chi connectivity index (χ4v) is 2.40. The molecule has 2 rings (SSSR count). The lowest BCUT2D eigenvalue weighted by Gasteiger charge is -2.13. The Hall–Kier alpha value is -1.99. The summed E-state index contributed by atoms with van der Waals surface area (Å²) >= 11 is 3.38. The molecular weight excluding hydrogens is 304 g/mol. The number of nitrogens with two attached hydrogens (primary N) is 1. The highest BCUT2D eigenvalue weighted by atomic mass is 79.9. The van der Waals surface area contributed by atoms with E-state index in [1.807, 2.05) is 32.0 Å². The fraction of sp³-hybridized carbons (Fsp3) is 0.133. The highest BCUT2D eigenvalue weighted by molar-refractivity contribution is 9.10. The number of ether oxygens (including phenoxy) is 1. The summed E-state index contributed by atoms with van der Waals surface area (Å²) in [5, 5.41) is 9.10. The number of rotatable bonds is 2. The van der Waals surface area contributed by atoms with Crippen LogP contribution in [0.15, 0.2) is 34.8 Å². The Balaban J connectivity index is 2.48. The molecular formula is C15H13BrN2O. The number of hydrogen-bond acceptors (Lipinski definition) is 3. The van der Waals surface area contributed by atoms with Crippen molar-refractivity contribution in [2.24, 2.45) is 0 Å². The van der Waals surface area contributed by atoms with Gasteiger partial charge in [0.2, 0.25) is 0 Å². The standard InChI is InChI=1S/C15H13BrN2O/c1-9-3-4-11(8-17)14(5-9)19-15-10(2)6-12(16)7-13(15)18/h3-7H,18H2,1-2H3. The third kappa shape index (κ3) is 2.88. The average Bonchev–Trinajstić information content (AvgIpc) is 2.34. The maximum absolute atomic E-state index is 9.10. The van der Waals surface area contributed by atoms with Crippen LogP contribution in [0.5, 0.6) is 11.5 Å². The molecule has 0 aliphatic heterocycles. The molecule has 0 atom stereocenters. The molecule has 0 radical (unpaired) electrons. The van der Waals surface area contributed by atoms with Gasteiger partial charge in [-0.25, -0.2) is 0 Å². The minimum atomic E-state index is 0.493. The van der Waals surface area contributed by atoms with Crippen molar-refractivity contribution in [2.45, 2.75) is 13.8 Å². The van der Waals surface area contributed by atoms with Gasteiger partial charge in [-0.1, -0.05) is 22.0 Å². The van der Waals surface area contributed by atoms with E-state index in [0.29, 0.717) is 22.7 Å². The number of nitrogen functional groups attached to an aromatic ring is 1. The molecule has 0 saturated heterocycles. The summed E-state index contributed by atoms with van der Waals surface area (Å²) in [5.74, 6) is 1.12. The number of anilines is 1. The third-order valence-corrected chi connectivity index (χ3v) is 3.20. The fourth-order valence-electron chi connectivity index (χ4n) is 1.81. The number of halogens is 1. The summed E-state index contributed by atoms with van der Waals surface area (Å²) in [5.41, 5.74) is 8.94. The molecule has 0 aromatic heterocycles. The average molecular weight is 317 g/mol. The van der Waals surface area contributed by atoms with E-state index in [1.54, 1.807) is 12.1 Å². The van der Waals surface area contributed by atoms with Crippen LogP contribution in [0.2, 0.25) is 0 Å². The lowest BCUT2D eigenvalue weighted by Crippen LogP contribution is -1.97. The summed E-state index contributed by atoms with van der Waals surface area (Å²) in [6.45, 7) is 3.87. The van der Waals surface area contributed by atoms with Crippen molar-refractivity contribution in [1.29, 1.82) is 5.26 Å². The summed E-state index contributed by atoms with van der Waals surface area (Å²) in [6.07, 6.45) is 0. The molecule has 0 spiro atoms. The molecule has 0 amide bonds. The van der Waals surface area contributed by atoms with Gasteiger partial charge in [0.15, 0.2) is 5.75 Å². The Bertz CT molecular complexity index is 651. The van der Waals surface area contributed by atoms with Gasteiger partial charge >= 0.3 is 0 Å². The Morgan fingerprint density at radius 2 is 1.95 bits per heavy atom. The zero-order valence-electron chi connectivity index (χ0n) is 10.7. The van der Waals surface area contributed by atoms with Crippen molar-refractivity contribution in [3.63, 3.8) is 0 Å². The molecule has 0 aliphatic rings. The summed E-state index contributed by atoms with van der Waals surface area (Å²) in [7, 11) is 0. The van der Waals surface area contributed by atoms with Crippen LogP contribution >= 0.6 is 15.9 Å². The van der Waals surface area contributed by atoms with Crippen LogP contribution in [-0.2, 0) is 0 Å². The van der Waals surface area contributed by atoms with Gasteiger partial charge in [-0.15, -0.1) is 0 Å². The largest absolute Gasteiger partial charge is 0.454 e. The molecule has 0 unspecified atom stereocenters. The van der Waals surface area contributed by atoms with E-state index >= 15 is 0 Å². The zero-order chi connectivity index (χ0) is 14.0. The normalized spacial score (nSPS) is 10.0. The van der Waals surface area contributed by atoms with Gasteiger partial charge in [-0.3, -0.25) is 0 Å². The Morgan fingerprint density at radius 1 is 1.21 bits per heavy atom. The van der Waals surface area contributed by atoms with Crippen molar-refractivity contribution >= 4 is 21.6 Å². The molecule has 0 fully saturated rings. The molecule has 0 saturated carbocycles. The van der Waals surface area contributed by atoms with Crippen molar-refractivity contribution < 1.29 is 4.74 Å². The number of nitrogens with zero attached hydrogens (tertiary/aromatic N) is 1. The van der Waals surface area contributed by atoms with E-state index in [4.69, 9.17) is 15.7 Å². The van der Waals surface area contributed by atoms with E-state index in [9.17, 15) is 0 Å². The Kier molecular flexibility index (Phi) is 3.77. The predicted octanol–water partition coefficient (Wildman–Crippen LogP) is 4.31. The lowest BCUT2D eigenvalue weighted by atomic mass is 10.1. The molecule has 0 bridgehead atoms. The van der Waals surface area contributed by atoms with Crippen molar-refractivity contribution in [1.82, 2.24) is 0 Å². The van der Waals surface area contributed by atoms with Gasteiger partial charge in [0.05, 0.1) is 11.3 Å². The van der Waals surface area contributed by atoms with Gasteiger partial charge < -0.3 is 10.5 Å². The maximum atomic E-state index is 9.10. The molecule has 3 nitrogen and oxygen atoms in total. The molecule has 19 heavy (non-hydrogen) atoms. The van der Waals surface area contributed by atoms with E-state index in [0.717, 1.165) is 15.6 Å². The van der Waals surface area contributed by atoms with Gasteiger partial charge in [0.1, 0.15) is 11.8 Å². The van der Waals surface area contributed by atoms with Crippen LogP contribution in [0.1, 0.15) is 16.7 Å². The number of hydrogen-bond donors (Lipinski definition) is 1. The second-order valence-corrected chi connectivity index (χ2v) is 5.27. The molecule has 96 valence electrons. The van der Waals surface area contributed by atoms with Crippen LogP contribution in [0.3, 0.4) is 0 Å². The first-order valence-corrected chi connectivity index (χ1v) is 6.55. The summed E-state index contributed by atoms with van der Waals surface area (Å²) in [4.78, 5) is 0. The molecule has 2 N–H and O–H groups in total. The maximum Gasteiger partial charge on any atom is 0.153 e. The van der Waals surface area contributed by atoms with Crippen LogP contribution in [0.25, 0.3) is 0 Å². The lowest BCUT2D eigenvalue weighted by molar-refractivity contribution is 0.479. The SMILES string of the molecule is Cc1ccc(C#N)c(Oc2c(C)cc(Br)cc2N)c1. The van der Waals surface area contributed by atoms with Crippen LogP contribution < -0.4 is 10.5 Å². The second kappa shape index (κ2) is 5.33. The number of aryl methyl sites for hydroxylation is 2. The summed E-state index contributed by atoms with van der Waals surface area (Å²) in [6, 6.07) is 11.3. The van der Waals surface area contributed by atoms with Crippen LogP contribution in [-0.4, -0.2) is 0 Å². The van der Waals surface area contributed by atoms with Gasteiger partial charge in [-0.05, 0) is 49.2 Å². The first-order valence-electron chi connectivity index (χ1n) is 5.75. The Morgan fingerprint density at radius 3 is 2.58 bits per heavy atom. The van der Waals surface area contributed by atoms with Crippen molar-refractivity contribution in [3.8, 4) is 17.6 Å². The molecule has 2 aromatic rings. The third-order valence-electron chi connectivity index (χ3n) is 2.74. The zero-order valence-corrected chi connectivity index (χ0v) is 12.3. The van der Waals surface area contributed by atoms with Gasteiger partial charge in [0.25, 0.3) is 0 Å². The highest BCUT2D eigenvalue weighted by Crippen LogP contribution is 2.35. The van der Waals surface area contributed by atoms with E-state index in [1.165, 1.54) is 0 Å². The van der Waals surface area contributed by atoms with Crippen LogP contribution in [0, 0.1) is 25.2 Å². The van der Waals surface area contributed by atoms with E-state index in [2.05, 4.69) is 22.0 Å². The van der Waals surface area contributed by atoms with E-state index in [-0.39, 0.29) is 0 Å². The predicted molar refractivity (Wildman–Crippen MR) is 79.3 cm³/mol. The molecule has 4 heteroatoms. The number of benzene rings is 2. The van der Waals surface area contributed by atoms with Gasteiger partial charge in [0, 0.05) is 4.47 Å². The monoisotopic (exact) mass is 316 g/mol. The van der Waals surface area contributed by atoms with E-state index < -0.39 is 0 Å². The van der Waals surface area contributed by atoms with Crippen molar-refractivity contribution in [3.05, 3.63) is 51.5 Å². The highest BCUT2D eigenvalue weighted by Gasteiger charge is 2.11. The topological polar surface area (TPSA) is 59.0 Å². The molecule has 0 heterocycles. The number of nitriles is 1. The smallest absolute Gasteiger partial charge is 0.153 e. The molecule has 2 aromatic carbocycles. The minimum Gasteiger partial charge on any atom is -0.454 e. The second-order valence-electron chi connectivity index (χ2n) is 4.35. The van der Waals surface area contributed by atoms with Crippen LogP contribution in [0.4, 0.5) is 5.69 Å².